The molecule has 33 heavy (non-hydrogen) atoms. The van der Waals surface area contributed by atoms with Crippen LogP contribution in [0.4, 0.5) is 10.9 Å². The first-order valence-electron chi connectivity index (χ1n) is 11.5. The van der Waals surface area contributed by atoms with Crippen molar-refractivity contribution in [2.24, 2.45) is 0 Å². The summed E-state index contributed by atoms with van der Waals surface area (Å²) in [5.74, 6) is 0.472. The topological polar surface area (TPSA) is 98.6 Å². The normalized spacial score (nSPS) is 16.1. The highest BCUT2D eigenvalue weighted by atomic mass is 32.2. The first-order chi connectivity index (χ1) is 16.0. The number of hydrogen-bond donors (Lipinski definition) is 1. The highest BCUT2D eigenvalue weighted by Gasteiger charge is 2.28. The molecule has 0 saturated carbocycles. The summed E-state index contributed by atoms with van der Waals surface area (Å²) < 4.78 is 12.9. The van der Waals surface area contributed by atoms with Crippen LogP contribution >= 0.6 is 23.1 Å². The molecule has 0 radical (unpaired) electrons. The number of nitrogens with zero attached hydrogens (tertiary/aromatic N) is 4. The second kappa shape index (κ2) is 10.9. The van der Waals surface area contributed by atoms with E-state index in [9.17, 15) is 9.59 Å². The molecule has 11 heteroatoms. The van der Waals surface area contributed by atoms with E-state index in [4.69, 9.17) is 9.47 Å². The van der Waals surface area contributed by atoms with Gasteiger partial charge in [0.05, 0.1) is 30.6 Å². The molecular weight excluding hydrogens is 462 g/mol. The highest BCUT2D eigenvalue weighted by molar-refractivity contribution is 7.99. The van der Waals surface area contributed by atoms with Gasteiger partial charge in [-0.05, 0) is 52.0 Å². The lowest BCUT2D eigenvalue weighted by Gasteiger charge is -2.27. The molecule has 2 aliphatic rings. The molecule has 1 amide bonds. The molecule has 180 valence electrons. The second-order valence-corrected chi connectivity index (χ2v) is 10.4. The van der Waals surface area contributed by atoms with Crippen molar-refractivity contribution in [1.29, 1.82) is 0 Å². The Morgan fingerprint density at radius 1 is 1.21 bits per heavy atom. The van der Waals surface area contributed by atoms with Gasteiger partial charge < -0.3 is 19.7 Å². The van der Waals surface area contributed by atoms with Gasteiger partial charge in [0.1, 0.15) is 5.00 Å². The minimum atomic E-state index is -0.353. The van der Waals surface area contributed by atoms with Crippen LogP contribution in [-0.4, -0.2) is 64.8 Å². The largest absolute Gasteiger partial charge is 0.459 e. The summed E-state index contributed by atoms with van der Waals surface area (Å²) >= 11 is 2.86. The van der Waals surface area contributed by atoms with Crippen molar-refractivity contribution in [3.05, 3.63) is 16.0 Å². The van der Waals surface area contributed by atoms with Crippen LogP contribution in [0.3, 0.4) is 0 Å². The van der Waals surface area contributed by atoms with Crippen LogP contribution in [-0.2, 0) is 33.7 Å². The Bertz CT molecular complexity index is 997. The number of aromatic nitrogens is 3. The fourth-order valence-corrected chi connectivity index (χ4v) is 6.19. The number of fused-ring (bicyclic) bond motifs is 1. The zero-order chi connectivity index (χ0) is 23.4. The summed E-state index contributed by atoms with van der Waals surface area (Å²) in [6.07, 6.45) is 3.73. The first-order valence-corrected chi connectivity index (χ1v) is 13.3. The number of nitrogens with one attached hydrogen (secondary N) is 1. The molecule has 0 spiro atoms. The Balaban J connectivity index is 1.45. The van der Waals surface area contributed by atoms with Crippen molar-refractivity contribution in [2.75, 3.05) is 42.3 Å². The summed E-state index contributed by atoms with van der Waals surface area (Å²) in [5, 5.41) is 12.9. The lowest BCUT2D eigenvalue weighted by molar-refractivity contribution is -0.113. The fraction of sp³-hybridized carbons (Fsp3) is 0.636. The van der Waals surface area contributed by atoms with Gasteiger partial charge in [-0.25, -0.2) is 4.79 Å². The van der Waals surface area contributed by atoms with Gasteiger partial charge in [-0.2, -0.15) is 0 Å². The molecule has 1 fully saturated rings. The molecule has 1 aliphatic carbocycles. The predicted octanol–water partition coefficient (Wildman–Crippen LogP) is 3.37. The number of rotatable bonds is 8. The number of ether oxygens (including phenoxy) is 2. The Kier molecular flexibility index (Phi) is 7.92. The van der Waals surface area contributed by atoms with Crippen LogP contribution in [0.15, 0.2) is 5.16 Å². The molecule has 2 aromatic heterocycles. The van der Waals surface area contributed by atoms with Gasteiger partial charge in [-0.15, -0.1) is 21.5 Å². The van der Waals surface area contributed by atoms with Gasteiger partial charge in [-0.3, -0.25) is 9.36 Å². The van der Waals surface area contributed by atoms with Crippen LogP contribution in [0, 0.1) is 0 Å². The highest BCUT2D eigenvalue weighted by Crippen LogP contribution is 2.39. The summed E-state index contributed by atoms with van der Waals surface area (Å²) in [6, 6.07) is 0. The van der Waals surface area contributed by atoms with Gasteiger partial charge in [-0.1, -0.05) is 11.8 Å². The molecule has 0 bridgehead atoms. The fourth-order valence-electron chi connectivity index (χ4n) is 4.10. The summed E-state index contributed by atoms with van der Waals surface area (Å²) in [4.78, 5) is 29.0. The molecule has 0 aromatic carbocycles. The van der Waals surface area contributed by atoms with E-state index in [-0.39, 0.29) is 23.7 Å². The van der Waals surface area contributed by atoms with E-state index in [2.05, 4.69) is 20.4 Å². The third-order valence-corrected chi connectivity index (χ3v) is 7.78. The number of thiophene rings is 1. The summed E-state index contributed by atoms with van der Waals surface area (Å²) in [5.41, 5.74) is 1.58. The van der Waals surface area contributed by atoms with Crippen LogP contribution in [0.25, 0.3) is 0 Å². The second-order valence-electron chi connectivity index (χ2n) is 8.33. The number of hydrogen-bond acceptors (Lipinski definition) is 9. The number of esters is 1. The Labute approximate surface area is 202 Å². The molecule has 9 nitrogen and oxygen atoms in total. The lowest BCUT2D eigenvalue weighted by Crippen LogP contribution is -2.38. The van der Waals surface area contributed by atoms with E-state index < -0.39 is 0 Å². The molecule has 0 atom stereocenters. The SMILES string of the molecule is CCn1c(SCC(=O)Nc2sc3c(c2C(=O)OC(C)C)CCCC3)nnc1N1CCOCC1. The van der Waals surface area contributed by atoms with Crippen LogP contribution in [0.2, 0.25) is 0 Å². The van der Waals surface area contributed by atoms with Crippen molar-refractivity contribution in [1.82, 2.24) is 14.8 Å². The van der Waals surface area contributed by atoms with Gasteiger partial charge in [0, 0.05) is 24.5 Å². The van der Waals surface area contributed by atoms with Gasteiger partial charge in [0.2, 0.25) is 11.9 Å². The summed E-state index contributed by atoms with van der Waals surface area (Å²) in [7, 11) is 0. The quantitative estimate of drug-likeness (QED) is 0.442. The third-order valence-electron chi connectivity index (χ3n) is 5.61. The average Bonchev–Trinajstić information content (AvgIpc) is 3.38. The Morgan fingerprint density at radius 2 is 1.97 bits per heavy atom. The molecule has 4 rings (SSSR count). The van der Waals surface area contributed by atoms with Crippen LogP contribution < -0.4 is 10.2 Å². The summed E-state index contributed by atoms with van der Waals surface area (Å²) in [6.45, 7) is 9.33. The zero-order valence-electron chi connectivity index (χ0n) is 19.4. The van der Waals surface area contributed by atoms with Crippen molar-refractivity contribution >= 4 is 45.9 Å². The first kappa shape index (κ1) is 24.0. The number of carbonyl (C=O) groups is 2. The zero-order valence-corrected chi connectivity index (χ0v) is 21.0. The number of aryl methyl sites for hydroxylation is 1. The van der Waals surface area contributed by atoms with Crippen LogP contribution in [0.1, 0.15) is 54.4 Å². The molecule has 1 saturated heterocycles. The molecule has 0 unspecified atom stereocenters. The number of amides is 1. The van der Waals surface area contributed by atoms with Gasteiger partial charge in [0.25, 0.3) is 0 Å². The third kappa shape index (κ3) is 5.52. The Morgan fingerprint density at radius 3 is 2.70 bits per heavy atom. The number of thioether (sulfide) groups is 1. The van der Waals surface area contributed by atoms with E-state index in [0.29, 0.717) is 35.5 Å². The van der Waals surface area contributed by atoms with E-state index in [1.54, 1.807) is 0 Å². The number of carbonyl (C=O) groups excluding carboxylic acids is 2. The van der Waals surface area contributed by atoms with Gasteiger partial charge >= 0.3 is 5.97 Å². The van der Waals surface area contributed by atoms with Gasteiger partial charge in [0.15, 0.2) is 5.16 Å². The number of morpholine rings is 1. The maximum atomic E-state index is 12.8. The minimum absolute atomic E-state index is 0.171. The maximum absolute atomic E-state index is 12.8. The molecule has 1 aliphatic heterocycles. The monoisotopic (exact) mass is 493 g/mol. The minimum Gasteiger partial charge on any atom is -0.459 e. The van der Waals surface area contributed by atoms with Crippen molar-refractivity contribution in [3.8, 4) is 0 Å². The van der Waals surface area contributed by atoms with Crippen molar-refractivity contribution < 1.29 is 19.1 Å². The van der Waals surface area contributed by atoms with E-state index in [0.717, 1.165) is 50.3 Å². The maximum Gasteiger partial charge on any atom is 0.341 e. The standard InChI is InChI=1S/C22H31N5O4S2/c1-4-27-21(26-9-11-30-12-10-26)24-25-22(27)32-13-17(28)23-19-18(20(29)31-14(2)3)15-7-5-6-8-16(15)33-19/h14H,4-13H2,1-3H3,(H,23,28). The molecule has 2 aromatic rings. The smallest absolute Gasteiger partial charge is 0.341 e. The van der Waals surface area contributed by atoms with Crippen molar-refractivity contribution in [3.63, 3.8) is 0 Å². The number of anilines is 2. The Hall–Kier alpha value is -2.11. The van der Waals surface area contributed by atoms with Crippen LogP contribution in [0.5, 0.6) is 0 Å². The predicted molar refractivity (Wildman–Crippen MR) is 130 cm³/mol. The van der Waals surface area contributed by atoms with E-state index >= 15 is 0 Å². The lowest BCUT2D eigenvalue weighted by atomic mass is 9.95. The average molecular weight is 494 g/mol. The van der Waals surface area contributed by atoms with Crippen molar-refractivity contribution in [2.45, 2.75) is 64.3 Å². The molecule has 3 heterocycles. The molecule has 1 N–H and O–H groups in total. The van der Waals surface area contributed by atoms with E-state index in [1.165, 1.54) is 28.0 Å². The molecular formula is C22H31N5O4S2. The van der Waals surface area contributed by atoms with E-state index in [1.807, 2.05) is 25.3 Å².